The Labute approximate surface area is 126 Å². The molecule has 3 N–H and O–H groups in total. The second kappa shape index (κ2) is 6.55. The molecule has 21 heavy (non-hydrogen) atoms. The van der Waals surface area contributed by atoms with E-state index in [1.54, 1.807) is 25.3 Å². The van der Waals surface area contributed by atoms with Gasteiger partial charge in [0.05, 0.1) is 19.9 Å². The van der Waals surface area contributed by atoms with Gasteiger partial charge in [-0.2, -0.15) is 0 Å². The normalized spacial score (nSPS) is 11.8. The molecule has 1 heterocycles. The van der Waals surface area contributed by atoms with Gasteiger partial charge in [-0.1, -0.05) is 0 Å². The topological polar surface area (TPSA) is 86.5 Å². The summed E-state index contributed by atoms with van der Waals surface area (Å²) in [5.41, 5.74) is 6.96. The lowest BCUT2D eigenvalue weighted by Gasteiger charge is -2.09. The van der Waals surface area contributed by atoms with E-state index >= 15 is 0 Å². The summed E-state index contributed by atoms with van der Waals surface area (Å²) in [6.45, 7) is 1.84. The van der Waals surface area contributed by atoms with Crippen LogP contribution in [0, 0.1) is 0 Å². The van der Waals surface area contributed by atoms with Crippen LogP contribution < -0.4 is 20.5 Å². The van der Waals surface area contributed by atoms with Gasteiger partial charge in [0, 0.05) is 17.0 Å². The van der Waals surface area contributed by atoms with Crippen molar-refractivity contribution in [3.63, 3.8) is 0 Å². The average Bonchev–Trinajstić information content (AvgIpc) is 2.95. The van der Waals surface area contributed by atoms with Crippen molar-refractivity contribution in [1.82, 2.24) is 4.98 Å². The summed E-state index contributed by atoms with van der Waals surface area (Å²) in [6, 6.07) is 4.81. The monoisotopic (exact) mass is 307 g/mol. The molecule has 1 atom stereocenters. The zero-order valence-electron chi connectivity index (χ0n) is 12.0. The number of nitrogens with one attached hydrogen (secondary N) is 1. The van der Waals surface area contributed by atoms with E-state index in [4.69, 9.17) is 15.2 Å². The van der Waals surface area contributed by atoms with Crippen LogP contribution in [0.4, 0.5) is 5.13 Å². The number of anilines is 1. The number of methoxy groups -OCH3 is 2. The van der Waals surface area contributed by atoms with Crippen molar-refractivity contribution < 1.29 is 14.3 Å². The van der Waals surface area contributed by atoms with Gasteiger partial charge in [-0.05, 0) is 25.1 Å². The maximum Gasteiger partial charge on any atom is 0.257 e. The first-order chi connectivity index (χ1) is 10.0. The molecule has 0 aliphatic rings. The number of carbonyl (C=O) groups is 1. The third-order valence-electron chi connectivity index (χ3n) is 2.85. The maximum atomic E-state index is 12.2. The Morgan fingerprint density at radius 3 is 2.62 bits per heavy atom. The lowest BCUT2D eigenvalue weighted by molar-refractivity contribution is 0.102. The number of thiazole rings is 1. The third kappa shape index (κ3) is 3.50. The second-order valence-electron chi connectivity index (χ2n) is 4.39. The van der Waals surface area contributed by atoms with Crippen molar-refractivity contribution in [2.75, 3.05) is 19.5 Å². The van der Waals surface area contributed by atoms with Crippen molar-refractivity contribution in [2.45, 2.75) is 13.0 Å². The average molecular weight is 307 g/mol. The number of amides is 1. The van der Waals surface area contributed by atoms with Crippen LogP contribution in [0.1, 0.15) is 29.0 Å². The number of aromatic nitrogens is 1. The van der Waals surface area contributed by atoms with E-state index < -0.39 is 0 Å². The summed E-state index contributed by atoms with van der Waals surface area (Å²) in [5, 5.41) is 5.08. The minimum Gasteiger partial charge on any atom is -0.493 e. The Morgan fingerprint density at radius 2 is 2.05 bits per heavy atom. The summed E-state index contributed by atoms with van der Waals surface area (Å²) in [4.78, 5) is 16.4. The van der Waals surface area contributed by atoms with Crippen LogP contribution in [0.25, 0.3) is 0 Å². The highest BCUT2D eigenvalue weighted by molar-refractivity contribution is 7.14. The number of hydrogen-bond acceptors (Lipinski definition) is 6. The standard InChI is InChI=1S/C14H17N3O3S/c1-8(15)10-7-21-14(16-10)17-13(18)9-4-5-11(19-2)12(6-9)20-3/h4-8H,15H2,1-3H3,(H,16,17,18). The van der Waals surface area contributed by atoms with Crippen LogP contribution in [-0.4, -0.2) is 25.1 Å². The molecule has 0 aliphatic heterocycles. The molecule has 0 bridgehead atoms. The van der Waals surface area contributed by atoms with Crippen molar-refractivity contribution in [3.8, 4) is 11.5 Å². The van der Waals surface area contributed by atoms with Crippen LogP contribution >= 0.6 is 11.3 Å². The van der Waals surface area contributed by atoms with Crippen LogP contribution in [-0.2, 0) is 0 Å². The molecule has 6 nitrogen and oxygen atoms in total. The minimum atomic E-state index is -0.262. The highest BCUT2D eigenvalue weighted by Crippen LogP contribution is 2.28. The highest BCUT2D eigenvalue weighted by atomic mass is 32.1. The Morgan fingerprint density at radius 1 is 1.33 bits per heavy atom. The summed E-state index contributed by atoms with van der Waals surface area (Å²) in [5.74, 6) is 0.810. The van der Waals surface area contributed by atoms with Crippen molar-refractivity contribution in [3.05, 3.63) is 34.8 Å². The number of hydrogen-bond donors (Lipinski definition) is 2. The van der Waals surface area contributed by atoms with Gasteiger partial charge in [-0.15, -0.1) is 11.3 Å². The molecule has 112 valence electrons. The Kier molecular flexibility index (Phi) is 4.77. The van der Waals surface area contributed by atoms with Crippen molar-refractivity contribution in [2.24, 2.45) is 5.73 Å². The molecular weight excluding hydrogens is 290 g/mol. The van der Waals surface area contributed by atoms with E-state index in [-0.39, 0.29) is 11.9 Å². The lowest BCUT2D eigenvalue weighted by Crippen LogP contribution is -2.12. The maximum absolute atomic E-state index is 12.2. The molecule has 1 aromatic carbocycles. The fraction of sp³-hybridized carbons (Fsp3) is 0.286. The lowest BCUT2D eigenvalue weighted by atomic mass is 10.2. The molecular formula is C14H17N3O3S. The summed E-state index contributed by atoms with van der Waals surface area (Å²) in [6.07, 6.45) is 0. The van der Waals surface area contributed by atoms with E-state index in [9.17, 15) is 4.79 Å². The molecule has 1 aromatic heterocycles. The van der Waals surface area contributed by atoms with Gasteiger partial charge >= 0.3 is 0 Å². The fourth-order valence-electron chi connectivity index (χ4n) is 1.70. The molecule has 0 aliphatic carbocycles. The fourth-order valence-corrected chi connectivity index (χ4v) is 2.51. The summed E-state index contributed by atoms with van der Waals surface area (Å²) in [7, 11) is 3.07. The quantitative estimate of drug-likeness (QED) is 0.886. The van der Waals surface area contributed by atoms with E-state index in [0.717, 1.165) is 5.69 Å². The van der Waals surface area contributed by atoms with E-state index in [2.05, 4.69) is 10.3 Å². The Bertz CT molecular complexity index is 640. The SMILES string of the molecule is COc1ccc(C(=O)Nc2nc(C(C)N)cs2)cc1OC. The molecule has 1 amide bonds. The molecule has 1 unspecified atom stereocenters. The number of nitrogens with two attached hydrogens (primary N) is 1. The first-order valence-electron chi connectivity index (χ1n) is 6.29. The molecule has 2 rings (SSSR count). The molecule has 7 heteroatoms. The number of nitrogens with zero attached hydrogens (tertiary/aromatic N) is 1. The molecule has 0 saturated heterocycles. The van der Waals surface area contributed by atoms with Crippen LogP contribution in [0.3, 0.4) is 0 Å². The van der Waals surface area contributed by atoms with Gasteiger partial charge in [0.1, 0.15) is 0 Å². The largest absolute Gasteiger partial charge is 0.493 e. The van der Waals surface area contributed by atoms with Crippen molar-refractivity contribution >= 4 is 22.4 Å². The molecule has 2 aromatic rings. The number of benzene rings is 1. The predicted molar refractivity (Wildman–Crippen MR) is 82.2 cm³/mol. The molecule has 0 spiro atoms. The number of rotatable bonds is 5. The van der Waals surface area contributed by atoms with Gasteiger partial charge in [-0.25, -0.2) is 4.98 Å². The van der Waals surface area contributed by atoms with E-state index in [1.165, 1.54) is 18.4 Å². The van der Waals surface area contributed by atoms with Gasteiger partial charge in [-0.3, -0.25) is 10.1 Å². The van der Waals surface area contributed by atoms with Gasteiger partial charge in [0.25, 0.3) is 5.91 Å². The number of ether oxygens (including phenoxy) is 2. The Balaban J connectivity index is 2.16. The minimum absolute atomic E-state index is 0.159. The van der Waals surface area contributed by atoms with E-state index in [0.29, 0.717) is 22.2 Å². The predicted octanol–water partition coefficient (Wildman–Crippen LogP) is 2.43. The second-order valence-corrected chi connectivity index (χ2v) is 5.25. The molecule has 0 saturated carbocycles. The van der Waals surface area contributed by atoms with E-state index in [1.807, 2.05) is 12.3 Å². The summed E-state index contributed by atoms with van der Waals surface area (Å²) < 4.78 is 10.3. The van der Waals surface area contributed by atoms with Gasteiger partial charge in [0.15, 0.2) is 16.6 Å². The zero-order valence-corrected chi connectivity index (χ0v) is 12.9. The first kappa shape index (κ1) is 15.3. The molecule has 0 radical (unpaired) electrons. The van der Waals surface area contributed by atoms with Crippen LogP contribution in [0.5, 0.6) is 11.5 Å². The summed E-state index contributed by atoms with van der Waals surface area (Å²) >= 11 is 1.34. The third-order valence-corrected chi connectivity index (χ3v) is 3.63. The number of carbonyl (C=O) groups excluding carboxylic acids is 1. The molecule has 0 fully saturated rings. The smallest absolute Gasteiger partial charge is 0.257 e. The van der Waals surface area contributed by atoms with Crippen LogP contribution in [0.2, 0.25) is 0 Å². The Hall–Kier alpha value is -2.12. The highest BCUT2D eigenvalue weighted by Gasteiger charge is 2.13. The van der Waals surface area contributed by atoms with Gasteiger partial charge < -0.3 is 15.2 Å². The zero-order chi connectivity index (χ0) is 15.4. The van der Waals surface area contributed by atoms with Crippen LogP contribution in [0.15, 0.2) is 23.6 Å². The van der Waals surface area contributed by atoms with Crippen molar-refractivity contribution in [1.29, 1.82) is 0 Å². The first-order valence-corrected chi connectivity index (χ1v) is 7.17. The van der Waals surface area contributed by atoms with Gasteiger partial charge in [0.2, 0.25) is 0 Å².